The van der Waals surface area contributed by atoms with Crippen LogP contribution in [-0.2, 0) is 14.8 Å². The second kappa shape index (κ2) is 8.33. The largest absolute Gasteiger partial charge is 0.444 e. The molecule has 1 unspecified atom stereocenters. The monoisotopic (exact) mass is 496 g/mol. The Morgan fingerprint density at radius 2 is 1.86 bits per heavy atom. The summed E-state index contributed by atoms with van der Waals surface area (Å²) in [6, 6.07) is 8.41. The third-order valence-corrected chi connectivity index (χ3v) is 7.84. The van der Waals surface area contributed by atoms with Crippen LogP contribution in [0.1, 0.15) is 57.3 Å². The zero-order chi connectivity index (χ0) is 25.0. The first-order chi connectivity index (χ1) is 16.5. The lowest BCUT2D eigenvalue weighted by Gasteiger charge is -2.21. The Balaban J connectivity index is 1.46. The van der Waals surface area contributed by atoms with Gasteiger partial charge in [-0.3, -0.25) is 4.40 Å². The predicted octanol–water partition coefficient (Wildman–Crippen LogP) is 3.79. The van der Waals surface area contributed by atoms with Crippen molar-refractivity contribution in [1.82, 2.24) is 28.9 Å². The SMILES string of the molecule is Cc1ccc(S(=O)(=O)n2ccc3c2ncc2nnc(C4CC[C@H](NC(=O)OC(C)(C)C)C4)n23)cc1. The van der Waals surface area contributed by atoms with E-state index < -0.39 is 21.7 Å². The van der Waals surface area contributed by atoms with Crippen LogP contribution in [0.4, 0.5) is 4.79 Å². The van der Waals surface area contributed by atoms with Gasteiger partial charge in [-0.15, -0.1) is 10.2 Å². The molecule has 1 aliphatic rings. The van der Waals surface area contributed by atoms with Crippen molar-refractivity contribution in [2.24, 2.45) is 0 Å². The van der Waals surface area contributed by atoms with E-state index in [1.54, 1.807) is 30.3 Å². The van der Waals surface area contributed by atoms with Gasteiger partial charge in [0, 0.05) is 18.2 Å². The van der Waals surface area contributed by atoms with E-state index >= 15 is 0 Å². The van der Waals surface area contributed by atoms with Gasteiger partial charge in [0.1, 0.15) is 11.4 Å². The second-order valence-corrected chi connectivity index (χ2v) is 11.8. The summed E-state index contributed by atoms with van der Waals surface area (Å²) in [5.41, 5.74) is 1.88. The van der Waals surface area contributed by atoms with Gasteiger partial charge in [0.15, 0.2) is 11.3 Å². The number of fused-ring (bicyclic) bond motifs is 3. The summed E-state index contributed by atoms with van der Waals surface area (Å²) in [4.78, 5) is 16.8. The maximum absolute atomic E-state index is 13.3. The van der Waals surface area contributed by atoms with Gasteiger partial charge in [-0.05, 0) is 65.2 Å². The van der Waals surface area contributed by atoms with Crippen molar-refractivity contribution >= 4 is 32.9 Å². The Morgan fingerprint density at radius 1 is 1.11 bits per heavy atom. The van der Waals surface area contributed by atoms with Crippen LogP contribution < -0.4 is 5.32 Å². The zero-order valence-corrected chi connectivity index (χ0v) is 20.9. The number of ether oxygens (including phenoxy) is 1. The average Bonchev–Trinajstić information content (AvgIpc) is 3.49. The fourth-order valence-electron chi connectivity index (χ4n) is 4.56. The van der Waals surface area contributed by atoms with Crippen molar-refractivity contribution in [3.05, 3.63) is 54.1 Å². The average molecular weight is 497 g/mol. The number of aryl methyl sites for hydroxylation is 1. The number of benzene rings is 1. The summed E-state index contributed by atoms with van der Waals surface area (Å²) in [6.07, 6.45) is 4.90. The lowest BCUT2D eigenvalue weighted by atomic mass is 10.1. The van der Waals surface area contributed by atoms with E-state index in [0.29, 0.717) is 23.2 Å². The van der Waals surface area contributed by atoms with Gasteiger partial charge >= 0.3 is 6.09 Å². The summed E-state index contributed by atoms with van der Waals surface area (Å²) >= 11 is 0. The third kappa shape index (κ3) is 4.36. The molecule has 0 saturated heterocycles. The molecule has 0 spiro atoms. The molecule has 184 valence electrons. The maximum Gasteiger partial charge on any atom is 0.407 e. The molecule has 4 aromatic rings. The molecule has 5 rings (SSSR count). The van der Waals surface area contributed by atoms with E-state index in [-0.39, 0.29) is 16.9 Å². The number of nitrogens with zero attached hydrogens (tertiary/aromatic N) is 5. The fourth-order valence-corrected chi connectivity index (χ4v) is 5.85. The molecule has 1 fully saturated rings. The van der Waals surface area contributed by atoms with Crippen molar-refractivity contribution < 1.29 is 17.9 Å². The highest BCUT2D eigenvalue weighted by Crippen LogP contribution is 2.35. The van der Waals surface area contributed by atoms with Crippen LogP contribution in [0.2, 0.25) is 0 Å². The lowest BCUT2D eigenvalue weighted by Crippen LogP contribution is -2.37. The first-order valence-corrected chi connectivity index (χ1v) is 13.0. The molecule has 1 N–H and O–H groups in total. The van der Waals surface area contributed by atoms with Crippen molar-refractivity contribution in [1.29, 1.82) is 0 Å². The molecule has 1 amide bonds. The molecular formula is C24H28N6O4S. The van der Waals surface area contributed by atoms with Gasteiger partial charge in [0.2, 0.25) is 0 Å². The number of hydrogen-bond acceptors (Lipinski definition) is 7. The number of carbonyl (C=O) groups excluding carboxylic acids is 1. The first kappa shape index (κ1) is 23.3. The molecule has 3 heterocycles. The van der Waals surface area contributed by atoms with Crippen molar-refractivity contribution in [3.8, 4) is 0 Å². The Kier molecular flexibility index (Phi) is 5.54. The van der Waals surface area contributed by atoms with E-state index in [1.807, 2.05) is 32.1 Å². The molecule has 0 aliphatic heterocycles. The normalized spacial score (nSPS) is 18.9. The van der Waals surface area contributed by atoms with E-state index in [4.69, 9.17) is 4.74 Å². The first-order valence-electron chi connectivity index (χ1n) is 11.6. The van der Waals surface area contributed by atoms with Gasteiger partial charge < -0.3 is 10.1 Å². The van der Waals surface area contributed by atoms with Gasteiger partial charge in [0.05, 0.1) is 16.6 Å². The second-order valence-electron chi connectivity index (χ2n) is 10.0. The van der Waals surface area contributed by atoms with Gasteiger partial charge in [-0.1, -0.05) is 17.7 Å². The zero-order valence-electron chi connectivity index (χ0n) is 20.1. The maximum atomic E-state index is 13.3. The minimum atomic E-state index is -3.82. The fraction of sp³-hybridized carbons (Fsp3) is 0.417. The highest BCUT2D eigenvalue weighted by atomic mass is 32.2. The number of rotatable bonds is 4. The summed E-state index contributed by atoms with van der Waals surface area (Å²) < 4.78 is 35.1. The minimum Gasteiger partial charge on any atom is -0.444 e. The van der Waals surface area contributed by atoms with E-state index in [2.05, 4.69) is 20.5 Å². The van der Waals surface area contributed by atoms with Crippen LogP contribution in [0.5, 0.6) is 0 Å². The quantitative estimate of drug-likeness (QED) is 0.456. The molecule has 1 aliphatic carbocycles. The number of carbonyl (C=O) groups is 1. The number of nitrogens with one attached hydrogen (secondary N) is 1. The van der Waals surface area contributed by atoms with Crippen molar-refractivity contribution in [3.63, 3.8) is 0 Å². The molecule has 2 atom stereocenters. The summed E-state index contributed by atoms with van der Waals surface area (Å²) in [5.74, 6) is 0.777. The van der Waals surface area contributed by atoms with Crippen molar-refractivity contribution in [2.45, 2.75) is 69.4 Å². The molecule has 0 radical (unpaired) electrons. The van der Waals surface area contributed by atoms with Crippen LogP contribution in [0.25, 0.3) is 16.8 Å². The smallest absolute Gasteiger partial charge is 0.407 e. The molecule has 10 nitrogen and oxygen atoms in total. The van der Waals surface area contributed by atoms with Crippen LogP contribution in [0.15, 0.2) is 47.6 Å². The molecule has 1 aromatic carbocycles. The Hall–Kier alpha value is -3.47. The summed E-state index contributed by atoms with van der Waals surface area (Å²) in [7, 11) is -3.82. The van der Waals surface area contributed by atoms with Crippen LogP contribution in [0, 0.1) is 6.92 Å². The summed E-state index contributed by atoms with van der Waals surface area (Å²) in [6.45, 7) is 7.40. The molecule has 1 saturated carbocycles. The van der Waals surface area contributed by atoms with E-state index in [9.17, 15) is 13.2 Å². The predicted molar refractivity (Wildman–Crippen MR) is 130 cm³/mol. The number of amides is 1. The molecule has 35 heavy (non-hydrogen) atoms. The highest BCUT2D eigenvalue weighted by molar-refractivity contribution is 7.90. The van der Waals surface area contributed by atoms with Crippen molar-refractivity contribution in [2.75, 3.05) is 0 Å². The van der Waals surface area contributed by atoms with Gasteiger partial charge in [-0.2, -0.15) is 0 Å². The van der Waals surface area contributed by atoms with Gasteiger partial charge in [-0.25, -0.2) is 22.2 Å². The van der Waals surface area contributed by atoms with Crippen LogP contribution in [0.3, 0.4) is 0 Å². The van der Waals surface area contributed by atoms with Gasteiger partial charge in [0.25, 0.3) is 10.0 Å². The topological polar surface area (TPSA) is 120 Å². The number of alkyl carbamates (subject to hydrolysis) is 1. The Labute approximate surface area is 203 Å². The number of aromatic nitrogens is 5. The van der Waals surface area contributed by atoms with Crippen LogP contribution >= 0.6 is 0 Å². The highest BCUT2D eigenvalue weighted by Gasteiger charge is 2.32. The standard InChI is InChI=1S/C24H28N6O4S/c1-15-5-9-18(10-6-15)35(32,33)29-12-11-19-22(29)25-14-20-27-28-21(30(19)20)16-7-8-17(13-16)26-23(31)34-24(2,3)4/h5-6,9-12,14,16-17H,7-8,13H2,1-4H3,(H,26,31)/t16?,17-/m0/s1. The Morgan fingerprint density at radius 3 is 2.57 bits per heavy atom. The van der Waals surface area contributed by atoms with E-state index in [1.165, 1.54) is 16.4 Å². The lowest BCUT2D eigenvalue weighted by molar-refractivity contribution is 0.0505. The minimum absolute atomic E-state index is 0.0361. The molecule has 11 heteroatoms. The van der Waals surface area contributed by atoms with Crippen LogP contribution in [-0.4, -0.2) is 49.7 Å². The Bertz CT molecular complexity index is 1520. The third-order valence-electron chi connectivity index (χ3n) is 6.16. The molecular weight excluding hydrogens is 468 g/mol. The number of hydrogen-bond donors (Lipinski definition) is 1. The van der Waals surface area contributed by atoms with E-state index in [0.717, 1.165) is 24.2 Å². The molecule has 0 bridgehead atoms. The summed E-state index contributed by atoms with van der Waals surface area (Å²) in [5, 5.41) is 11.6. The molecule has 3 aromatic heterocycles.